The van der Waals surface area contributed by atoms with E-state index >= 15 is 0 Å². The molecule has 5 aromatic rings. The number of nitrogens with zero attached hydrogens (tertiary/aromatic N) is 3. The standard InChI is InChI=1S/C33H31N3O2S/c1-5-38-31-19-23(4)29(20-28(31)22(2)3)32-35-30-14-10-9-13-27(30)33(37)36(32)34-21-24-15-17-26(18-16-24)39-25-11-7-6-8-12-25/h6-22H,5H2,1-4H3. The molecule has 4 aromatic carbocycles. The summed E-state index contributed by atoms with van der Waals surface area (Å²) >= 11 is 1.70. The van der Waals surface area contributed by atoms with E-state index in [1.807, 2.05) is 68.4 Å². The van der Waals surface area contributed by atoms with E-state index in [-0.39, 0.29) is 11.5 Å². The monoisotopic (exact) mass is 533 g/mol. The van der Waals surface area contributed by atoms with Gasteiger partial charge in [0.15, 0.2) is 5.82 Å². The number of aromatic nitrogens is 2. The summed E-state index contributed by atoms with van der Waals surface area (Å²) in [4.78, 5) is 20.9. The SMILES string of the molecule is CCOc1cc(C)c(-c2nc3ccccc3c(=O)n2N=Cc2ccc(Sc3ccccc3)cc2)cc1C(C)C. The van der Waals surface area contributed by atoms with Crippen molar-refractivity contribution in [2.45, 2.75) is 43.4 Å². The van der Waals surface area contributed by atoms with E-state index in [9.17, 15) is 4.79 Å². The van der Waals surface area contributed by atoms with Crippen molar-refractivity contribution in [3.05, 3.63) is 118 Å². The lowest BCUT2D eigenvalue weighted by molar-refractivity contribution is 0.335. The first kappa shape index (κ1) is 26.4. The summed E-state index contributed by atoms with van der Waals surface area (Å²) in [7, 11) is 0. The summed E-state index contributed by atoms with van der Waals surface area (Å²) in [6, 6.07) is 29.9. The highest BCUT2D eigenvalue weighted by molar-refractivity contribution is 7.99. The van der Waals surface area contributed by atoms with Crippen molar-refractivity contribution in [1.29, 1.82) is 0 Å². The van der Waals surface area contributed by atoms with Gasteiger partial charge in [0.05, 0.1) is 23.7 Å². The second-order valence-corrected chi connectivity index (χ2v) is 10.7. The van der Waals surface area contributed by atoms with Gasteiger partial charge in [-0.2, -0.15) is 9.78 Å². The highest BCUT2D eigenvalue weighted by atomic mass is 32.2. The zero-order chi connectivity index (χ0) is 27.4. The largest absolute Gasteiger partial charge is 0.494 e. The molecule has 1 aromatic heterocycles. The van der Waals surface area contributed by atoms with Gasteiger partial charge in [-0.05, 0) is 85.0 Å². The molecule has 0 N–H and O–H groups in total. The van der Waals surface area contributed by atoms with E-state index in [4.69, 9.17) is 9.72 Å². The zero-order valence-corrected chi connectivity index (χ0v) is 23.4. The molecule has 0 saturated carbocycles. The molecule has 0 aliphatic carbocycles. The topological polar surface area (TPSA) is 56.5 Å². The molecule has 5 rings (SSSR count). The minimum Gasteiger partial charge on any atom is -0.494 e. The summed E-state index contributed by atoms with van der Waals surface area (Å²) in [5.74, 6) is 1.61. The number of hydrogen-bond donors (Lipinski definition) is 0. The minimum absolute atomic E-state index is 0.206. The molecule has 6 heteroatoms. The molecule has 1 heterocycles. The molecule has 0 saturated heterocycles. The van der Waals surface area contributed by atoms with E-state index in [2.05, 4.69) is 49.3 Å². The van der Waals surface area contributed by atoms with Crippen molar-refractivity contribution in [1.82, 2.24) is 9.66 Å². The Morgan fingerprint density at radius 2 is 1.64 bits per heavy atom. The van der Waals surface area contributed by atoms with Crippen molar-refractivity contribution in [3.63, 3.8) is 0 Å². The Labute approximate surface area is 233 Å². The molecule has 196 valence electrons. The van der Waals surface area contributed by atoms with Gasteiger partial charge in [0.25, 0.3) is 5.56 Å². The van der Waals surface area contributed by atoms with Crippen LogP contribution < -0.4 is 10.3 Å². The second-order valence-electron chi connectivity index (χ2n) is 9.59. The third-order valence-electron chi connectivity index (χ3n) is 6.45. The predicted molar refractivity (Wildman–Crippen MR) is 161 cm³/mol. The van der Waals surface area contributed by atoms with E-state index in [0.717, 1.165) is 32.9 Å². The molecule has 0 fully saturated rings. The number of para-hydroxylation sites is 1. The Bertz CT molecular complexity index is 1690. The molecule has 0 bridgehead atoms. The van der Waals surface area contributed by atoms with Gasteiger partial charge in [0, 0.05) is 15.4 Å². The van der Waals surface area contributed by atoms with Crippen LogP contribution in [0.1, 0.15) is 43.4 Å². The van der Waals surface area contributed by atoms with Crippen molar-refractivity contribution in [3.8, 4) is 17.1 Å². The van der Waals surface area contributed by atoms with E-state index in [1.165, 1.54) is 9.57 Å². The number of hydrogen-bond acceptors (Lipinski definition) is 5. The first-order valence-electron chi connectivity index (χ1n) is 13.1. The quantitative estimate of drug-likeness (QED) is 0.190. The fraction of sp³-hybridized carbons (Fsp3) is 0.182. The summed E-state index contributed by atoms with van der Waals surface area (Å²) in [6.45, 7) is 8.86. The average molecular weight is 534 g/mol. The third kappa shape index (κ3) is 5.81. The summed E-state index contributed by atoms with van der Waals surface area (Å²) in [5.41, 5.74) is 4.23. The van der Waals surface area contributed by atoms with Crippen molar-refractivity contribution >= 4 is 28.9 Å². The van der Waals surface area contributed by atoms with E-state index in [1.54, 1.807) is 24.0 Å². The minimum atomic E-state index is -0.206. The smallest absolute Gasteiger partial charge is 0.282 e. The summed E-state index contributed by atoms with van der Waals surface area (Å²) in [6.07, 6.45) is 1.71. The van der Waals surface area contributed by atoms with Crippen molar-refractivity contribution < 1.29 is 4.74 Å². The number of rotatable bonds is 8. The van der Waals surface area contributed by atoms with Crippen LogP contribution in [0.25, 0.3) is 22.3 Å². The van der Waals surface area contributed by atoms with Gasteiger partial charge >= 0.3 is 0 Å². The molecule has 0 unspecified atom stereocenters. The molecule has 0 spiro atoms. The maximum Gasteiger partial charge on any atom is 0.282 e. The Balaban J connectivity index is 1.58. The molecular formula is C33H31N3O2S. The van der Waals surface area contributed by atoms with Crippen LogP contribution in [0.2, 0.25) is 0 Å². The van der Waals surface area contributed by atoms with Gasteiger partial charge < -0.3 is 4.74 Å². The van der Waals surface area contributed by atoms with Crippen LogP contribution in [0.3, 0.4) is 0 Å². The normalized spacial score (nSPS) is 11.5. The Hall–Kier alpha value is -4.16. The first-order valence-corrected chi connectivity index (χ1v) is 13.9. The van der Waals surface area contributed by atoms with Gasteiger partial charge in [-0.3, -0.25) is 4.79 Å². The fourth-order valence-electron chi connectivity index (χ4n) is 4.45. The van der Waals surface area contributed by atoms with Crippen LogP contribution in [0.15, 0.2) is 111 Å². The van der Waals surface area contributed by atoms with Crippen molar-refractivity contribution in [2.75, 3.05) is 6.61 Å². The van der Waals surface area contributed by atoms with Crippen LogP contribution in [0.5, 0.6) is 5.75 Å². The lowest BCUT2D eigenvalue weighted by atomic mass is 9.96. The maximum absolute atomic E-state index is 13.7. The number of fused-ring (bicyclic) bond motifs is 1. The van der Waals surface area contributed by atoms with Crippen LogP contribution in [-0.4, -0.2) is 22.5 Å². The third-order valence-corrected chi connectivity index (χ3v) is 7.47. The number of aryl methyl sites for hydroxylation is 1. The fourth-order valence-corrected chi connectivity index (χ4v) is 5.28. The second kappa shape index (κ2) is 11.7. The lowest BCUT2D eigenvalue weighted by Gasteiger charge is -2.18. The first-order chi connectivity index (χ1) is 18.9. The van der Waals surface area contributed by atoms with Crippen LogP contribution >= 0.6 is 11.8 Å². The lowest BCUT2D eigenvalue weighted by Crippen LogP contribution is -2.20. The maximum atomic E-state index is 13.7. The van der Waals surface area contributed by atoms with Gasteiger partial charge in [0.2, 0.25) is 0 Å². The highest BCUT2D eigenvalue weighted by Gasteiger charge is 2.18. The van der Waals surface area contributed by atoms with Crippen LogP contribution in [0, 0.1) is 6.92 Å². The van der Waals surface area contributed by atoms with Crippen molar-refractivity contribution in [2.24, 2.45) is 5.10 Å². The summed E-state index contributed by atoms with van der Waals surface area (Å²) in [5, 5.41) is 5.20. The summed E-state index contributed by atoms with van der Waals surface area (Å²) < 4.78 is 7.34. The van der Waals surface area contributed by atoms with Crippen LogP contribution in [-0.2, 0) is 0 Å². The Morgan fingerprint density at radius 3 is 2.36 bits per heavy atom. The van der Waals surface area contributed by atoms with E-state index in [0.29, 0.717) is 23.3 Å². The molecule has 0 aliphatic rings. The molecule has 5 nitrogen and oxygen atoms in total. The van der Waals surface area contributed by atoms with Gasteiger partial charge in [-0.15, -0.1) is 0 Å². The molecular weight excluding hydrogens is 502 g/mol. The number of benzene rings is 4. The van der Waals surface area contributed by atoms with Gasteiger partial charge in [-0.1, -0.05) is 68.1 Å². The molecule has 0 aliphatic heterocycles. The van der Waals surface area contributed by atoms with Gasteiger partial charge in [-0.25, -0.2) is 4.98 Å². The Kier molecular flexibility index (Phi) is 7.94. The van der Waals surface area contributed by atoms with E-state index < -0.39 is 0 Å². The van der Waals surface area contributed by atoms with Gasteiger partial charge in [0.1, 0.15) is 5.75 Å². The average Bonchev–Trinajstić information content (AvgIpc) is 2.94. The molecule has 39 heavy (non-hydrogen) atoms. The molecule has 0 atom stereocenters. The predicted octanol–water partition coefficient (Wildman–Crippen LogP) is 7.93. The van der Waals surface area contributed by atoms with Crippen LogP contribution in [0.4, 0.5) is 0 Å². The molecule has 0 radical (unpaired) electrons. The zero-order valence-electron chi connectivity index (χ0n) is 22.6. The number of ether oxygens (including phenoxy) is 1. The Morgan fingerprint density at radius 1 is 0.949 bits per heavy atom. The highest BCUT2D eigenvalue weighted by Crippen LogP contribution is 2.34. The molecule has 0 amide bonds.